The van der Waals surface area contributed by atoms with Crippen LogP contribution in [-0.4, -0.2) is 24.9 Å². The topological polar surface area (TPSA) is 87.3 Å². The molecule has 0 radical (unpaired) electrons. The van der Waals surface area contributed by atoms with Crippen LogP contribution in [0.5, 0.6) is 0 Å². The summed E-state index contributed by atoms with van der Waals surface area (Å²) in [7, 11) is 0. The Hall–Kier alpha value is -3.28. The number of hydrogen-bond acceptors (Lipinski definition) is 4. The minimum Gasteiger partial charge on any atom is -0.342 e. The highest BCUT2D eigenvalue weighted by molar-refractivity contribution is 5.77. The number of hydrogen-bond donors (Lipinski definition) is 2. The third kappa shape index (κ3) is 2.81. The van der Waals surface area contributed by atoms with Crippen molar-refractivity contribution in [2.75, 3.05) is 0 Å². The van der Waals surface area contributed by atoms with Gasteiger partial charge >= 0.3 is 0 Å². The van der Waals surface area contributed by atoms with Crippen LogP contribution in [0.25, 0.3) is 22.2 Å². The highest BCUT2D eigenvalue weighted by Crippen LogP contribution is 2.16. The summed E-state index contributed by atoms with van der Waals surface area (Å²) in [5, 5.41) is 0.610. The van der Waals surface area contributed by atoms with Crippen molar-refractivity contribution in [2.24, 2.45) is 0 Å². The number of imidazole rings is 1. The third-order valence-electron chi connectivity index (χ3n) is 3.88. The molecule has 0 bridgehead atoms. The number of pyridine rings is 1. The molecule has 0 amide bonds. The molecule has 6 heteroatoms. The van der Waals surface area contributed by atoms with Gasteiger partial charge in [0.1, 0.15) is 11.6 Å². The van der Waals surface area contributed by atoms with E-state index in [0.717, 1.165) is 17.1 Å². The molecular weight excluding hydrogens is 302 g/mol. The molecule has 0 aliphatic rings. The Balaban J connectivity index is 1.53. The summed E-state index contributed by atoms with van der Waals surface area (Å²) < 4.78 is 0. The van der Waals surface area contributed by atoms with Crippen molar-refractivity contribution < 1.29 is 0 Å². The van der Waals surface area contributed by atoms with Crippen molar-refractivity contribution in [3.8, 4) is 11.3 Å². The quantitative estimate of drug-likeness (QED) is 0.605. The van der Waals surface area contributed by atoms with Crippen LogP contribution in [0.3, 0.4) is 0 Å². The lowest BCUT2D eigenvalue weighted by atomic mass is 10.2. The first-order valence-corrected chi connectivity index (χ1v) is 7.72. The molecule has 0 saturated heterocycles. The molecule has 1 aromatic carbocycles. The van der Waals surface area contributed by atoms with E-state index in [0.29, 0.717) is 29.6 Å². The highest BCUT2D eigenvalue weighted by Gasteiger charge is 2.06. The number of aryl methyl sites for hydroxylation is 2. The summed E-state index contributed by atoms with van der Waals surface area (Å²) in [6, 6.07) is 11.2. The van der Waals surface area contributed by atoms with E-state index < -0.39 is 0 Å². The predicted molar refractivity (Wildman–Crippen MR) is 91.6 cm³/mol. The van der Waals surface area contributed by atoms with Crippen LogP contribution in [-0.2, 0) is 12.8 Å². The molecule has 0 aliphatic heterocycles. The van der Waals surface area contributed by atoms with E-state index in [-0.39, 0.29) is 5.56 Å². The standard InChI is InChI=1S/C18H15N5O/c24-18-13-3-1-2-4-14(13)21-17(23-18)6-5-16-20-11-15(22-16)12-7-9-19-10-8-12/h1-4,7-11H,5-6H2,(H,20,22)(H,21,23,24). The van der Waals surface area contributed by atoms with E-state index in [2.05, 4.69) is 24.9 Å². The zero-order valence-electron chi connectivity index (χ0n) is 12.9. The normalized spacial score (nSPS) is 11.0. The number of nitrogens with zero attached hydrogens (tertiary/aromatic N) is 3. The second-order valence-corrected chi connectivity index (χ2v) is 5.51. The second kappa shape index (κ2) is 6.08. The average Bonchev–Trinajstić information content (AvgIpc) is 3.10. The lowest BCUT2D eigenvalue weighted by Gasteiger charge is -2.02. The summed E-state index contributed by atoms with van der Waals surface area (Å²) in [6.07, 6.45) is 6.59. The Labute approximate surface area is 137 Å². The molecular formula is C18H15N5O. The minimum atomic E-state index is -0.104. The van der Waals surface area contributed by atoms with Gasteiger partial charge in [-0.25, -0.2) is 9.97 Å². The molecule has 118 valence electrons. The Bertz CT molecular complexity index is 1040. The van der Waals surface area contributed by atoms with Gasteiger partial charge in [-0.2, -0.15) is 0 Å². The molecule has 0 unspecified atom stereocenters. The van der Waals surface area contributed by atoms with Crippen molar-refractivity contribution in [2.45, 2.75) is 12.8 Å². The number of aromatic amines is 2. The molecule has 6 nitrogen and oxygen atoms in total. The highest BCUT2D eigenvalue weighted by atomic mass is 16.1. The van der Waals surface area contributed by atoms with Gasteiger partial charge in [-0.3, -0.25) is 9.78 Å². The fourth-order valence-corrected chi connectivity index (χ4v) is 2.66. The van der Waals surface area contributed by atoms with Crippen LogP contribution in [0, 0.1) is 0 Å². The summed E-state index contributed by atoms with van der Waals surface area (Å²) in [6.45, 7) is 0. The minimum absolute atomic E-state index is 0.104. The number of aromatic nitrogens is 5. The van der Waals surface area contributed by atoms with Gasteiger partial charge in [0, 0.05) is 30.8 Å². The zero-order chi connectivity index (χ0) is 16.4. The first-order chi connectivity index (χ1) is 11.8. The van der Waals surface area contributed by atoms with Crippen molar-refractivity contribution in [1.82, 2.24) is 24.9 Å². The van der Waals surface area contributed by atoms with Crippen molar-refractivity contribution in [3.05, 3.63) is 77.0 Å². The number of nitrogens with one attached hydrogen (secondary N) is 2. The molecule has 0 atom stereocenters. The fourth-order valence-electron chi connectivity index (χ4n) is 2.66. The van der Waals surface area contributed by atoms with Crippen LogP contribution in [0.15, 0.2) is 59.8 Å². The summed E-state index contributed by atoms with van der Waals surface area (Å²) >= 11 is 0. The van der Waals surface area contributed by atoms with Crippen LogP contribution < -0.4 is 5.56 Å². The Morgan fingerprint density at radius 2 is 1.71 bits per heavy atom. The van der Waals surface area contributed by atoms with Crippen LogP contribution in [0.4, 0.5) is 0 Å². The smallest absolute Gasteiger partial charge is 0.258 e. The molecule has 4 rings (SSSR count). The van der Waals surface area contributed by atoms with E-state index in [1.54, 1.807) is 24.7 Å². The van der Waals surface area contributed by atoms with Crippen molar-refractivity contribution in [1.29, 1.82) is 0 Å². The first-order valence-electron chi connectivity index (χ1n) is 7.72. The number of para-hydroxylation sites is 1. The van der Waals surface area contributed by atoms with Gasteiger partial charge in [-0.05, 0) is 24.3 Å². The third-order valence-corrected chi connectivity index (χ3v) is 3.88. The van der Waals surface area contributed by atoms with E-state index in [9.17, 15) is 4.79 Å². The summed E-state index contributed by atoms with van der Waals surface area (Å²) in [4.78, 5) is 31.1. The van der Waals surface area contributed by atoms with Crippen molar-refractivity contribution >= 4 is 10.9 Å². The van der Waals surface area contributed by atoms with E-state index in [4.69, 9.17) is 0 Å². The molecule has 0 saturated carbocycles. The van der Waals surface area contributed by atoms with Crippen molar-refractivity contribution in [3.63, 3.8) is 0 Å². The molecule has 0 aliphatic carbocycles. The van der Waals surface area contributed by atoms with E-state index in [1.807, 2.05) is 30.3 Å². The van der Waals surface area contributed by atoms with Crippen LogP contribution >= 0.6 is 0 Å². The number of rotatable bonds is 4. The molecule has 0 spiro atoms. The summed E-state index contributed by atoms with van der Waals surface area (Å²) in [5.41, 5.74) is 2.61. The van der Waals surface area contributed by atoms with Crippen LogP contribution in [0.2, 0.25) is 0 Å². The Morgan fingerprint density at radius 1 is 0.917 bits per heavy atom. The molecule has 24 heavy (non-hydrogen) atoms. The zero-order valence-corrected chi connectivity index (χ0v) is 12.9. The fraction of sp³-hybridized carbons (Fsp3) is 0.111. The summed E-state index contributed by atoms with van der Waals surface area (Å²) in [5.74, 6) is 1.53. The lowest BCUT2D eigenvalue weighted by molar-refractivity contribution is 0.821. The molecule has 3 aromatic heterocycles. The van der Waals surface area contributed by atoms with Gasteiger partial charge in [0.25, 0.3) is 5.56 Å². The van der Waals surface area contributed by atoms with E-state index in [1.165, 1.54) is 0 Å². The SMILES string of the molecule is O=c1[nH]c(CCc2ncc(-c3ccncc3)[nH]2)nc2ccccc12. The van der Waals surface area contributed by atoms with E-state index >= 15 is 0 Å². The Kier molecular flexibility index (Phi) is 3.63. The van der Waals surface area contributed by atoms with Gasteiger partial charge in [0.05, 0.1) is 22.8 Å². The van der Waals surface area contributed by atoms with Gasteiger partial charge < -0.3 is 9.97 Å². The number of benzene rings is 1. The maximum absolute atomic E-state index is 12.1. The van der Waals surface area contributed by atoms with Gasteiger partial charge in [0.2, 0.25) is 0 Å². The monoisotopic (exact) mass is 317 g/mol. The first kappa shape index (κ1) is 14.3. The second-order valence-electron chi connectivity index (χ2n) is 5.51. The molecule has 4 aromatic rings. The van der Waals surface area contributed by atoms with Gasteiger partial charge in [-0.15, -0.1) is 0 Å². The molecule has 2 N–H and O–H groups in total. The number of H-pyrrole nitrogens is 2. The lowest BCUT2D eigenvalue weighted by Crippen LogP contribution is -2.12. The molecule has 0 fully saturated rings. The van der Waals surface area contributed by atoms with Gasteiger partial charge in [-0.1, -0.05) is 12.1 Å². The maximum atomic E-state index is 12.1. The predicted octanol–water partition coefficient (Wildman–Crippen LogP) is 2.49. The average molecular weight is 317 g/mol. The maximum Gasteiger partial charge on any atom is 0.258 e. The van der Waals surface area contributed by atoms with Gasteiger partial charge in [0.15, 0.2) is 0 Å². The largest absolute Gasteiger partial charge is 0.342 e. The molecule has 3 heterocycles. The Morgan fingerprint density at radius 3 is 2.58 bits per heavy atom. The number of fused-ring (bicyclic) bond motifs is 1. The van der Waals surface area contributed by atoms with Crippen LogP contribution in [0.1, 0.15) is 11.6 Å².